The maximum absolute atomic E-state index is 12.1. The number of likely N-dealkylation sites (tertiary alicyclic amines) is 1. The summed E-state index contributed by atoms with van der Waals surface area (Å²) in [4.78, 5) is 13.9. The Morgan fingerprint density at radius 3 is 2.56 bits per heavy atom. The van der Waals surface area contributed by atoms with Gasteiger partial charge in [-0.25, -0.2) is 0 Å². The second kappa shape index (κ2) is 5.98. The third-order valence-corrected chi connectivity index (χ3v) is 3.44. The van der Waals surface area contributed by atoms with Crippen LogP contribution in [-0.4, -0.2) is 35.1 Å². The summed E-state index contributed by atoms with van der Waals surface area (Å²) in [5, 5.41) is 9.41. The van der Waals surface area contributed by atoms with E-state index >= 15 is 0 Å². The summed E-state index contributed by atoms with van der Waals surface area (Å²) in [6.07, 6.45) is 1.43. The largest absolute Gasteiger partial charge is 0.393 e. The third-order valence-electron chi connectivity index (χ3n) is 3.44. The molecule has 0 aromatic heterocycles. The SMILES string of the molecule is NC(CC(=O)N1CCC(O)CC1)c1ccccc1. The normalized spacial score (nSPS) is 18.7. The first kappa shape index (κ1) is 13.1. The highest BCUT2D eigenvalue weighted by Crippen LogP contribution is 2.17. The number of piperidine rings is 1. The predicted molar refractivity (Wildman–Crippen MR) is 69.8 cm³/mol. The third kappa shape index (κ3) is 3.31. The Labute approximate surface area is 107 Å². The number of benzene rings is 1. The zero-order valence-electron chi connectivity index (χ0n) is 10.5. The van der Waals surface area contributed by atoms with E-state index in [1.165, 1.54) is 0 Å². The van der Waals surface area contributed by atoms with Gasteiger partial charge in [-0.1, -0.05) is 30.3 Å². The van der Waals surface area contributed by atoms with Crippen molar-refractivity contribution in [2.75, 3.05) is 13.1 Å². The Morgan fingerprint density at radius 2 is 1.94 bits per heavy atom. The minimum absolute atomic E-state index is 0.0817. The molecule has 0 bridgehead atoms. The van der Waals surface area contributed by atoms with E-state index in [1.54, 1.807) is 4.90 Å². The average Bonchev–Trinajstić information content (AvgIpc) is 2.40. The molecule has 1 saturated heterocycles. The Balaban J connectivity index is 1.87. The number of aliphatic hydroxyl groups excluding tert-OH is 1. The van der Waals surface area contributed by atoms with Crippen molar-refractivity contribution in [3.05, 3.63) is 35.9 Å². The Kier molecular flexibility index (Phi) is 4.33. The lowest BCUT2D eigenvalue weighted by Gasteiger charge is -2.30. The summed E-state index contributed by atoms with van der Waals surface area (Å²) in [6, 6.07) is 9.43. The van der Waals surface area contributed by atoms with Gasteiger partial charge in [0.25, 0.3) is 0 Å². The van der Waals surface area contributed by atoms with Crippen LogP contribution < -0.4 is 5.73 Å². The van der Waals surface area contributed by atoms with Gasteiger partial charge >= 0.3 is 0 Å². The van der Waals surface area contributed by atoms with Gasteiger partial charge in [0, 0.05) is 25.6 Å². The Bertz CT molecular complexity index is 386. The highest BCUT2D eigenvalue weighted by atomic mass is 16.3. The molecule has 1 amide bonds. The number of hydrogen-bond donors (Lipinski definition) is 2. The number of hydrogen-bond acceptors (Lipinski definition) is 3. The van der Waals surface area contributed by atoms with Crippen LogP contribution in [0.1, 0.15) is 30.9 Å². The van der Waals surface area contributed by atoms with E-state index in [9.17, 15) is 9.90 Å². The highest BCUT2D eigenvalue weighted by Gasteiger charge is 2.22. The van der Waals surface area contributed by atoms with Crippen LogP contribution in [0.3, 0.4) is 0 Å². The standard InChI is InChI=1S/C14H20N2O2/c15-13(11-4-2-1-3-5-11)10-14(18)16-8-6-12(17)7-9-16/h1-5,12-13,17H,6-10,15H2. The Hall–Kier alpha value is -1.39. The van der Waals surface area contributed by atoms with Crippen LogP contribution in [0.2, 0.25) is 0 Å². The van der Waals surface area contributed by atoms with Crippen LogP contribution in [-0.2, 0) is 4.79 Å². The number of amides is 1. The molecule has 3 N–H and O–H groups in total. The van der Waals surface area contributed by atoms with Gasteiger partial charge in [-0.05, 0) is 18.4 Å². The van der Waals surface area contributed by atoms with Crippen molar-refractivity contribution in [3.8, 4) is 0 Å². The lowest BCUT2D eigenvalue weighted by atomic mass is 10.0. The van der Waals surface area contributed by atoms with Crippen LogP contribution in [0.4, 0.5) is 0 Å². The molecule has 4 nitrogen and oxygen atoms in total. The second-order valence-corrected chi connectivity index (χ2v) is 4.83. The van der Waals surface area contributed by atoms with E-state index in [-0.39, 0.29) is 18.1 Å². The number of rotatable bonds is 3. The van der Waals surface area contributed by atoms with Gasteiger partial charge in [0.15, 0.2) is 0 Å². The molecule has 1 aromatic carbocycles. The molecule has 1 fully saturated rings. The molecule has 1 atom stereocenters. The van der Waals surface area contributed by atoms with Crippen LogP contribution in [0, 0.1) is 0 Å². The van der Waals surface area contributed by atoms with E-state index < -0.39 is 0 Å². The maximum Gasteiger partial charge on any atom is 0.224 e. The molecule has 18 heavy (non-hydrogen) atoms. The lowest BCUT2D eigenvalue weighted by molar-refractivity contribution is -0.133. The van der Waals surface area contributed by atoms with E-state index in [2.05, 4.69) is 0 Å². The molecule has 2 rings (SSSR count). The van der Waals surface area contributed by atoms with Gasteiger partial charge in [0.05, 0.1) is 6.10 Å². The second-order valence-electron chi connectivity index (χ2n) is 4.83. The maximum atomic E-state index is 12.1. The summed E-state index contributed by atoms with van der Waals surface area (Å²) in [5.41, 5.74) is 7.02. The predicted octanol–water partition coefficient (Wildman–Crippen LogP) is 1.06. The number of carbonyl (C=O) groups excluding carboxylic acids is 1. The minimum atomic E-state index is -0.253. The smallest absolute Gasteiger partial charge is 0.224 e. The van der Waals surface area contributed by atoms with Gasteiger partial charge in [0.2, 0.25) is 5.91 Å². The first-order valence-electron chi connectivity index (χ1n) is 6.43. The summed E-state index contributed by atoms with van der Waals surface area (Å²) < 4.78 is 0. The van der Waals surface area contributed by atoms with E-state index in [0.29, 0.717) is 32.4 Å². The minimum Gasteiger partial charge on any atom is -0.393 e. The quantitative estimate of drug-likeness (QED) is 0.840. The summed E-state index contributed by atoms with van der Waals surface area (Å²) in [7, 11) is 0. The van der Waals surface area contributed by atoms with E-state index in [1.807, 2.05) is 30.3 Å². The number of carbonyl (C=O) groups is 1. The first-order chi connectivity index (χ1) is 8.66. The fraction of sp³-hybridized carbons (Fsp3) is 0.500. The van der Waals surface area contributed by atoms with Gasteiger partial charge in [0.1, 0.15) is 0 Å². The molecular formula is C14H20N2O2. The summed E-state index contributed by atoms with van der Waals surface area (Å²) in [5.74, 6) is 0.0817. The van der Waals surface area contributed by atoms with Gasteiger partial charge in [-0.2, -0.15) is 0 Å². The van der Waals surface area contributed by atoms with Gasteiger partial charge in [-0.15, -0.1) is 0 Å². The molecule has 1 aliphatic heterocycles. The van der Waals surface area contributed by atoms with Crippen molar-refractivity contribution < 1.29 is 9.90 Å². The van der Waals surface area contributed by atoms with E-state index in [0.717, 1.165) is 5.56 Å². The van der Waals surface area contributed by atoms with Crippen LogP contribution in [0.25, 0.3) is 0 Å². The average molecular weight is 248 g/mol. The molecule has 0 aliphatic carbocycles. The molecule has 1 aliphatic rings. The molecule has 1 heterocycles. The number of nitrogens with zero attached hydrogens (tertiary/aromatic N) is 1. The van der Waals surface area contributed by atoms with Crippen molar-refractivity contribution >= 4 is 5.91 Å². The fourth-order valence-electron chi connectivity index (χ4n) is 2.25. The van der Waals surface area contributed by atoms with Crippen LogP contribution >= 0.6 is 0 Å². The molecule has 98 valence electrons. The van der Waals surface area contributed by atoms with Gasteiger partial charge < -0.3 is 15.7 Å². The first-order valence-corrected chi connectivity index (χ1v) is 6.43. The van der Waals surface area contributed by atoms with Crippen LogP contribution in [0.15, 0.2) is 30.3 Å². The highest BCUT2D eigenvalue weighted by molar-refractivity contribution is 5.77. The van der Waals surface area contributed by atoms with Crippen molar-refractivity contribution in [2.45, 2.75) is 31.4 Å². The number of nitrogens with two attached hydrogens (primary N) is 1. The van der Waals surface area contributed by atoms with Gasteiger partial charge in [-0.3, -0.25) is 4.79 Å². The molecule has 4 heteroatoms. The van der Waals surface area contributed by atoms with Crippen molar-refractivity contribution in [1.29, 1.82) is 0 Å². The van der Waals surface area contributed by atoms with Crippen molar-refractivity contribution in [2.24, 2.45) is 5.73 Å². The monoisotopic (exact) mass is 248 g/mol. The van der Waals surface area contributed by atoms with E-state index in [4.69, 9.17) is 5.73 Å². The molecule has 0 saturated carbocycles. The topological polar surface area (TPSA) is 66.6 Å². The zero-order valence-corrected chi connectivity index (χ0v) is 10.5. The lowest BCUT2D eigenvalue weighted by Crippen LogP contribution is -2.41. The molecule has 0 radical (unpaired) electrons. The molecule has 1 unspecified atom stereocenters. The summed E-state index contributed by atoms with van der Waals surface area (Å²) >= 11 is 0. The number of aliphatic hydroxyl groups is 1. The zero-order chi connectivity index (χ0) is 13.0. The molecule has 1 aromatic rings. The van der Waals surface area contributed by atoms with Crippen molar-refractivity contribution in [3.63, 3.8) is 0 Å². The molecular weight excluding hydrogens is 228 g/mol. The summed E-state index contributed by atoms with van der Waals surface area (Å²) in [6.45, 7) is 1.28. The van der Waals surface area contributed by atoms with Crippen LogP contribution in [0.5, 0.6) is 0 Å². The van der Waals surface area contributed by atoms with Crippen molar-refractivity contribution in [1.82, 2.24) is 4.90 Å². The molecule has 0 spiro atoms. The Morgan fingerprint density at radius 1 is 1.33 bits per heavy atom. The fourth-order valence-corrected chi connectivity index (χ4v) is 2.25.